The number of pyridine rings is 1. The molecule has 3 aromatic rings. The highest BCUT2D eigenvalue weighted by Gasteiger charge is 2.47. The van der Waals surface area contributed by atoms with E-state index in [-0.39, 0.29) is 35.0 Å². The van der Waals surface area contributed by atoms with Crippen molar-refractivity contribution in [3.05, 3.63) is 42.2 Å². The predicted octanol–water partition coefficient (Wildman–Crippen LogP) is 4.34. The molecule has 5 rings (SSSR count). The van der Waals surface area contributed by atoms with Gasteiger partial charge in [0.05, 0.1) is 17.6 Å². The Hall–Kier alpha value is -3.62. The molecule has 2 aliphatic rings. The molecule has 3 aromatic heterocycles. The summed E-state index contributed by atoms with van der Waals surface area (Å²) in [7, 11) is -4.23. The Balaban J connectivity index is 1.46. The molecule has 1 N–H and O–H groups in total. The summed E-state index contributed by atoms with van der Waals surface area (Å²) < 4.78 is 76.0. The summed E-state index contributed by atoms with van der Waals surface area (Å²) in [4.78, 5) is 20.2. The molecule has 5 heterocycles. The summed E-state index contributed by atoms with van der Waals surface area (Å²) in [5.74, 6) is 0.231. The fourth-order valence-corrected chi connectivity index (χ4v) is 6.26. The standard InChI is InChI=1S/C27H34F3N7O4S/c1-25(2,27(28,29)30)11-15-41-21-9-14-37(32-21)20-8-7-19-23(31-20)36-17-18(16-26(36,3)4)6-5-12-35-13-10-22(33-35)42(39,40)34-24(19)38/h7-10,13-14,18H,5-6,11-12,15-17H2,1-4H3,(H,34,38)/t18-/m0/s1. The van der Waals surface area contributed by atoms with Crippen LogP contribution in [0.25, 0.3) is 5.82 Å². The summed E-state index contributed by atoms with van der Waals surface area (Å²) in [5.41, 5.74) is -2.22. The first-order valence-corrected chi connectivity index (χ1v) is 15.2. The SMILES string of the molecule is CC1(C)C[C@@H]2CCCn3ccc(n3)S(=O)(=O)NC(=O)c3ccc(-n4ccc(OCCC(C)(C)C(F)(F)F)n4)nc3N1C2. The topological polar surface area (TPSA) is 124 Å². The van der Waals surface area contributed by atoms with E-state index in [4.69, 9.17) is 9.72 Å². The third kappa shape index (κ3) is 5.96. The number of sulfonamides is 1. The van der Waals surface area contributed by atoms with E-state index >= 15 is 0 Å². The van der Waals surface area contributed by atoms with Crippen LogP contribution in [0.5, 0.6) is 5.88 Å². The van der Waals surface area contributed by atoms with Gasteiger partial charge in [0.1, 0.15) is 5.82 Å². The van der Waals surface area contributed by atoms with Crippen molar-refractivity contribution in [2.75, 3.05) is 18.1 Å². The number of nitrogens with one attached hydrogen (secondary N) is 1. The number of aryl methyl sites for hydroxylation is 1. The highest BCUT2D eigenvalue weighted by atomic mass is 32.2. The molecule has 0 saturated carbocycles. The predicted molar refractivity (Wildman–Crippen MR) is 147 cm³/mol. The van der Waals surface area contributed by atoms with Crippen molar-refractivity contribution >= 4 is 21.7 Å². The van der Waals surface area contributed by atoms with Gasteiger partial charge in [-0.05, 0) is 63.6 Å². The number of carbonyl (C=O) groups excluding carboxylic acids is 1. The minimum atomic E-state index is -4.36. The lowest BCUT2D eigenvalue weighted by Gasteiger charge is -2.34. The molecule has 0 aromatic carbocycles. The summed E-state index contributed by atoms with van der Waals surface area (Å²) in [6.07, 6.45) is 1.07. The molecule has 42 heavy (non-hydrogen) atoms. The highest BCUT2D eigenvalue weighted by Crippen LogP contribution is 2.41. The van der Waals surface area contributed by atoms with Gasteiger partial charge in [0.25, 0.3) is 15.9 Å². The van der Waals surface area contributed by atoms with Crippen molar-refractivity contribution in [2.45, 2.75) is 76.7 Å². The van der Waals surface area contributed by atoms with Crippen LogP contribution in [0.3, 0.4) is 0 Å². The molecule has 2 aliphatic heterocycles. The molecule has 1 fully saturated rings. The third-order valence-corrected chi connectivity index (χ3v) is 9.20. The Morgan fingerprint density at radius 2 is 1.88 bits per heavy atom. The Morgan fingerprint density at radius 1 is 1.12 bits per heavy atom. The highest BCUT2D eigenvalue weighted by molar-refractivity contribution is 7.90. The van der Waals surface area contributed by atoms with Crippen LogP contribution in [0.15, 0.2) is 41.7 Å². The summed E-state index contributed by atoms with van der Waals surface area (Å²) >= 11 is 0. The summed E-state index contributed by atoms with van der Waals surface area (Å²) in [5, 5.41) is 8.21. The first kappa shape index (κ1) is 29.9. The monoisotopic (exact) mass is 609 g/mol. The summed E-state index contributed by atoms with van der Waals surface area (Å²) in [6.45, 7) is 7.33. The van der Waals surface area contributed by atoms with Crippen LogP contribution < -0.4 is 14.4 Å². The van der Waals surface area contributed by atoms with Gasteiger partial charge in [-0.25, -0.2) is 14.4 Å². The smallest absolute Gasteiger partial charge is 0.394 e. The van der Waals surface area contributed by atoms with E-state index in [1.165, 1.54) is 28.9 Å². The van der Waals surface area contributed by atoms with Gasteiger partial charge in [0, 0.05) is 37.1 Å². The number of nitrogens with zero attached hydrogens (tertiary/aromatic N) is 6. The molecule has 1 amide bonds. The minimum absolute atomic E-state index is 0.0746. The number of amides is 1. The lowest BCUT2D eigenvalue weighted by molar-refractivity contribution is -0.215. The number of carbonyl (C=O) groups is 1. The number of alkyl halides is 3. The zero-order valence-corrected chi connectivity index (χ0v) is 24.7. The number of hydrogen-bond donors (Lipinski definition) is 1. The van der Waals surface area contributed by atoms with Crippen molar-refractivity contribution in [2.24, 2.45) is 11.3 Å². The van der Waals surface area contributed by atoms with Crippen LogP contribution in [0.2, 0.25) is 0 Å². The van der Waals surface area contributed by atoms with Gasteiger partial charge in [-0.3, -0.25) is 9.48 Å². The number of anilines is 1. The number of ether oxygens (including phenoxy) is 1. The van der Waals surface area contributed by atoms with E-state index in [9.17, 15) is 26.4 Å². The fourth-order valence-electron chi connectivity index (χ4n) is 5.35. The minimum Gasteiger partial charge on any atom is -0.477 e. The van der Waals surface area contributed by atoms with E-state index < -0.39 is 27.5 Å². The van der Waals surface area contributed by atoms with Gasteiger partial charge in [0.2, 0.25) is 5.88 Å². The Morgan fingerprint density at radius 3 is 2.62 bits per heavy atom. The molecule has 228 valence electrons. The van der Waals surface area contributed by atoms with Crippen molar-refractivity contribution in [3.63, 3.8) is 0 Å². The van der Waals surface area contributed by atoms with E-state index in [0.29, 0.717) is 30.6 Å². The van der Waals surface area contributed by atoms with Crippen molar-refractivity contribution in [1.29, 1.82) is 0 Å². The van der Waals surface area contributed by atoms with Gasteiger partial charge < -0.3 is 9.64 Å². The molecular formula is C27H34F3N7O4S. The number of hydrogen-bond acceptors (Lipinski definition) is 8. The Labute approximate surface area is 242 Å². The van der Waals surface area contributed by atoms with Crippen LogP contribution in [-0.4, -0.2) is 63.7 Å². The molecule has 1 saturated heterocycles. The molecular weight excluding hydrogens is 575 g/mol. The van der Waals surface area contributed by atoms with Gasteiger partial charge in [-0.2, -0.15) is 26.7 Å². The average Bonchev–Trinajstić information content (AvgIpc) is 3.61. The lowest BCUT2D eigenvalue weighted by Crippen LogP contribution is -2.41. The van der Waals surface area contributed by atoms with E-state index in [1.807, 2.05) is 4.90 Å². The van der Waals surface area contributed by atoms with E-state index in [0.717, 1.165) is 33.1 Å². The number of fused-ring (bicyclic) bond motifs is 6. The number of rotatable bonds is 5. The molecule has 0 aliphatic carbocycles. The first-order chi connectivity index (χ1) is 19.6. The van der Waals surface area contributed by atoms with Gasteiger partial charge in [-0.15, -0.1) is 5.10 Å². The van der Waals surface area contributed by atoms with E-state index in [2.05, 4.69) is 28.8 Å². The largest absolute Gasteiger partial charge is 0.477 e. The molecule has 1 atom stereocenters. The average molecular weight is 610 g/mol. The lowest BCUT2D eigenvalue weighted by atomic mass is 9.89. The maximum Gasteiger partial charge on any atom is 0.394 e. The van der Waals surface area contributed by atoms with Gasteiger partial charge >= 0.3 is 6.18 Å². The molecule has 0 spiro atoms. The maximum atomic E-state index is 13.4. The first-order valence-electron chi connectivity index (χ1n) is 13.7. The molecule has 15 heteroatoms. The number of aromatic nitrogens is 5. The van der Waals surface area contributed by atoms with Crippen molar-refractivity contribution in [1.82, 2.24) is 29.3 Å². The quantitative estimate of drug-likeness (QED) is 0.453. The molecule has 0 radical (unpaired) electrons. The van der Waals surface area contributed by atoms with E-state index in [1.54, 1.807) is 17.1 Å². The Bertz CT molecular complexity index is 1580. The maximum absolute atomic E-state index is 13.4. The third-order valence-electron chi connectivity index (χ3n) is 7.98. The van der Waals surface area contributed by atoms with Crippen LogP contribution in [0.4, 0.5) is 19.0 Å². The van der Waals surface area contributed by atoms with Crippen molar-refractivity contribution in [3.8, 4) is 11.7 Å². The second-order valence-corrected chi connectivity index (χ2v) is 13.7. The Kier molecular flexibility index (Phi) is 7.52. The molecule has 4 bridgehead atoms. The van der Waals surface area contributed by atoms with Gasteiger partial charge in [-0.1, -0.05) is 13.8 Å². The second-order valence-electron chi connectivity index (χ2n) is 12.1. The molecule has 11 nitrogen and oxygen atoms in total. The van der Waals surface area contributed by atoms with Crippen LogP contribution >= 0.6 is 0 Å². The zero-order valence-electron chi connectivity index (χ0n) is 23.8. The summed E-state index contributed by atoms with van der Waals surface area (Å²) in [6, 6.07) is 5.89. The second kappa shape index (κ2) is 10.6. The molecule has 0 unspecified atom stereocenters. The fraction of sp³-hybridized carbons (Fsp3) is 0.556. The van der Waals surface area contributed by atoms with Crippen LogP contribution in [-0.2, 0) is 16.6 Å². The van der Waals surface area contributed by atoms with Crippen molar-refractivity contribution < 1.29 is 31.1 Å². The number of halogens is 3. The zero-order chi connectivity index (χ0) is 30.5. The van der Waals surface area contributed by atoms with Gasteiger partial charge in [0.15, 0.2) is 10.8 Å². The van der Waals surface area contributed by atoms with Crippen LogP contribution in [0, 0.1) is 11.3 Å². The normalized spacial score (nSPS) is 20.5. The van der Waals surface area contributed by atoms with Crippen LogP contribution in [0.1, 0.15) is 63.7 Å².